The number of ether oxygens (including phenoxy) is 2. The number of aliphatic hydroxyl groups is 1. The van der Waals surface area contributed by atoms with Crippen LogP contribution in [0.5, 0.6) is 0 Å². The van der Waals surface area contributed by atoms with Gasteiger partial charge in [0.2, 0.25) is 10.0 Å². The summed E-state index contributed by atoms with van der Waals surface area (Å²) in [6, 6.07) is 43.7. The zero-order valence-corrected chi connectivity index (χ0v) is 29.6. The highest BCUT2D eigenvalue weighted by Gasteiger charge is 2.38. The van der Waals surface area contributed by atoms with E-state index in [9.17, 15) is 13.5 Å². The topological polar surface area (TPSA) is 111 Å². The lowest BCUT2D eigenvalue weighted by molar-refractivity contribution is -0.268. The predicted molar refractivity (Wildman–Crippen MR) is 198 cm³/mol. The third kappa shape index (κ3) is 8.18. The molecule has 5 aromatic carbocycles. The molecule has 51 heavy (non-hydrogen) atoms. The summed E-state index contributed by atoms with van der Waals surface area (Å²) in [5.74, 6) is 1.25. The second-order valence-corrected chi connectivity index (χ2v) is 15.1. The van der Waals surface area contributed by atoms with E-state index in [0.29, 0.717) is 11.0 Å². The van der Waals surface area contributed by atoms with E-state index in [0.717, 1.165) is 44.8 Å². The lowest BCUT2D eigenvalue weighted by Gasteiger charge is -2.41. The first-order valence-electron chi connectivity index (χ1n) is 16.8. The molecule has 2 N–H and O–H groups in total. The lowest BCUT2D eigenvalue weighted by Crippen LogP contribution is -2.38. The van der Waals surface area contributed by atoms with Gasteiger partial charge in [-0.3, -0.25) is 0 Å². The quantitative estimate of drug-likeness (QED) is 0.121. The van der Waals surface area contributed by atoms with Crippen LogP contribution in [0.4, 0.5) is 0 Å². The Morgan fingerprint density at radius 2 is 1.31 bits per heavy atom. The third-order valence-corrected chi connectivity index (χ3v) is 11.3. The maximum Gasteiger partial charge on any atom is 0.256 e. The number of thioether (sulfide) groups is 1. The van der Waals surface area contributed by atoms with Gasteiger partial charge in [-0.1, -0.05) is 146 Å². The van der Waals surface area contributed by atoms with Gasteiger partial charge in [-0.05, 0) is 28.8 Å². The molecular weight excluding hydrogens is 681 g/mol. The minimum atomic E-state index is -3.64. The number of benzene rings is 5. The standard InChI is InChI=1S/C41H38N2O6S2/c1-28-36(27-50-41-43-37(31-11-5-2-6-12-31)39(49-41)32-13-7-3-8-14-32)47-40(48-38(28)33-21-19-30(26-44)20-22-33)34-23-17-29(18-24-34)25-42-51(45,46)35-15-9-4-10-16-35/h2-24,28,36,38,40,42,44H,25-27H2,1H3/t28-,36+,38+,40+/m1/s1. The van der Waals surface area contributed by atoms with Gasteiger partial charge >= 0.3 is 0 Å². The molecule has 0 radical (unpaired) electrons. The summed E-state index contributed by atoms with van der Waals surface area (Å²) in [5, 5.41) is 10.2. The van der Waals surface area contributed by atoms with Crippen molar-refractivity contribution < 1.29 is 27.4 Å². The molecule has 0 spiro atoms. The summed E-state index contributed by atoms with van der Waals surface area (Å²) in [6.07, 6.45) is -1.20. The Morgan fingerprint density at radius 1 is 0.725 bits per heavy atom. The second-order valence-electron chi connectivity index (χ2n) is 12.4. The van der Waals surface area contributed by atoms with Gasteiger partial charge in [0.05, 0.1) is 23.7 Å². The molecule has 8 nitrogen and oxygen atoms in total. The number of nitrogens with one attached hydrogen (secondary N) is 1. The normalized spacial score (nSPS) is 19.2. The highest BCUT2D eigenvalue weighted by molar-refractivity contribution is 7.99. The molecule has 1 fully saturated rings. The average Bonchev–Trinajstić information content (AvgIpc) is 3.62. The summed E-state index contributed by atoms with van der Waals surface area (Å²) >= 11 is 1.51. The largest absolute Gasteiger partial charge is 0.431 e. The highest BCUT2D eigenvalue weighted by Crippen LogP contribution is 2.44. The fourth-order valence-electron chi connectivity index (χ4n) is 6.06. The number of sulfonamides is 1. The van der Waals surface area contributed by atoms with Crippen molar-refractivity contribution in [1.82, 2.24) is 9.71 Å². The zero-order valence-electron chi connectivity index (χ0n) is 28.0. The van der Waals surface area contributed by atoms with Gasteiger partial charge in [-0.25, -0.2) is 18.1 Å². The van der Waals surface area contributed by atoms with Crippen molar-refractivity contribution in [1.29, 1.82) is 0 Å². The first-order valence-corrected chi connectivity index (χ1v) is 19.2. The van der Waals surface area contributed by atoms with Crippen molar-refractivity contribution in [3.05, 3.63) is 162 Å². The smallest absolute Gasteiger partial charge is 0.256 e. The molecule has 6 aromatic rings. The van der Waals surface area contributed by atoms with Gasteiger partial charge in [-0.15, -0.1) is 0 Å². The fraction of sp³-hybridized carbons (Fsp3) is 0.195. The summed E-state index contributed by atoms with van der Waals surface area (Å²) in [5.41, 5.74) is 6.16. The molecule has 0 unspecified atom stereocenters. The molecule has 1 aliphatic rings. The zero-order chi connectivity index (χ0) is 35.2. The van der Waals surface area contributed by atoms with Crippen LogP contribution in [0, 0.1) is 5.92 Å². The molecule has 0 bridgehead atoms. The Bertz CT molecular complexity index is 2070. The molecule has 4 atom stereocenters. The highest BCUT2D eigenvalue weighted by atomic mass is 32.2. The van der Waals surface area contributed by atoms with Crippen LogP contribution in [-0.2, 0) is 32.6 Å². The average molecular weight is 719 g/mol. The van der Waals surface area contributed by atoms with Crippen molar-refractivity contribution in [3.63, 3.8) is 0 Å². The molecule has 260 valence electrons. The molecule has 0 saturated carbocycles. The first-order chi connectivity index (χ1) is 24.9. The van der Waals surface area contributed by atoms with Gasteiger partial charge in [0.1, 0.15) is 5.69 Å². The van der Waals surface area contributed by atoms with E-state index in [1.54, 1.807) is 30.3 Å². The van der Waals surface area contributed by atoms with E-state index in [4.69, 9.17) is 18.9 Å². The van der Waals surface area contributed by atoms with E-state index < -0.39 is 16.3 Å². The van der Waals surface area contributed by atoms with Crippen molar-refractivity contribution in [2.45, 2.75) is 48.7 Å². The molecule has 10 heteroatoms. The van der Waals surface area contributed by atoms with Crippen LogP contribution in [-0.4, -0.2) is 30.4 Å². The Balaban J connectivity index is 1.11. The van der Waals surface area contributed by atoms with Crippen LogP contribution < -0.4 is 4.72 Å². The summed E-state index contributed by atoms with van der Waals surface area (Å²) in [7, 11) is -3.64. The maximum absolute atomic E-state index is 12.7. The third-order valence-electron chi connectivity index (χ3n) is 8.96. The van der Waals surface area contributed by atoms with Gasteiger partial charge in [0.15, 0.2) is 12.1 Å². The SMILES string of the molecule is C[C@@H]1[C@H](CSc2nc(-c3ccccc3)c(-c3ccccc3)o2)O[C@H](c2ccc(CNS(=O)(=O)c3ccccc3)cc2)O[C@@H]1c1ccc(CO)cc1. The Hall–Kier alpha value is -4.55. The van der Waals surface area contributed by atoms with Crippen molar-refractivity contribution >= 4 is 21.8 Å². The summed E-state index contributed by atoms with van der Waals surface area (Å²) in [4.78, 5) is 5.16. The van der Waals surface area contributed by atoms with Crippen LogP contribution >= 0.6 is 11.8 Å². The number of hydrogen-bond acceptors (Lipinski definition) is 8. The molecule has 1 saturated heterocycles. The van der Waals surface area contributed by atoms with Crippen molar-refractivity contribution in [2.24, 2.45) is 5.92 Å². The monoisotopic (exact) mass is 718 g/mol. The van der Waals surface area contributed by atoms with E-state index >= 15 is 0 Å². The van der Waals surface area contributed by atoms with Gasteiger partial charge < -0.3 is 19.0 Å². The first kappa shape index (κ1) is 34.9. The number of aromatic nitrogens is 1. The van der Waals surface area contributed by atoms with Crippen LogP contribution in [0.1, 0.15) is 41.6 Å². The fourth-order valence-corrected chi connectivity index (χ4v) is 8.08. The van der Waals surface area contributed by atoms with Gasteiger partial charge in [0.25, 0.3) is 5.22 Å². The molecule has 2 heterocycles. The summed E-state index contributed by atoms with van der Waals surface area (Å²) in [6.45, 7) is 2.23. The minimum absolute atomic E-state index is 0.0301. The van der Waals surface area contributed by atoms with Gasteiger partial charge in [-0.2, -0.15) is 0 Å². The minimum Gasteiger partial charge on any atom is -0.431 e. The van der Waals surface area contributed by atoms with Crippen molar-refractivity contribution in [3.8, 4) is 22.6 Å². The molecule has 0 aliphatic carbocycles. The molecule has 1 aliphatic heterocycles. The van der Waals surface area contributed by atoms with E-state index in [-0.39, 0.29) is 36.2 Å². The Kier molecular flexibility index (Phi) is 10.8. The second kappa shape index (κ2) is 15.8. The maximum atomic E-state index is 12.7. The number of hydrogen-bond donors (Lipinski definition) is 2. The van der Waals surface area contributed by atoms with Crippen LogP contribution in [0.25, 0.3) is 22.6 Å². The Labute approximate surface area is 302 Å². The van der Waals surface area contributed by atoms with E-state index in [2.05, 4.69) is 11.6 Å². The van der Waals surface area contributed by atoms with E-state index in [1.165, 1.54) is 11.8 Å². The molecule has 0 amide bonds. The summed E-state index contributed by atoms with van der Waals surface area (Å²) < 4.78 is 47.9. The molecule has 1 aromatic heterocycles. The number of oxazole rings is 1. The van der Waals surface area contributed by atoms with Crippen molar-refractivity contribution in [2.75, 3.05) is 5.75 Å². The predicted octanol–water partition coefficient (Wildman–Crippen LogP) is 8.56. The number of aliphatic hydroxyl groups excluding tert-OH is 1. The lowest BCUT2D eigenvalue weighted by atomic mass is 9.91. The number of rotatable bonds is 12. The van der Waals surface area contributed by atoms with E-state index in [1.807, 2.05) is 109 Å². The number of nitrogens with zero attached hydrogens (tertiary/aromatic N) is 1. The van der Waals surface area contributed by atoms with Crippen LogP contribution in [0.3, 0.4) is 0 Å². The van der Waals surface area contributed by atoms with Gasteiger partial charge in [0, 0.05) is 34.9 Å². The van der Waals surface area contributed by atoms with Crippen LogP contribution in [0.2, 0.25) is 0 Å². The Morgan fingerprint density at radius 3 is 1.96 bits per heavy atom. The van der Waals surface area contributed by atoms with Crippen LogP contribution in [0.15, 0.2) is 154 Å². The molecular formula is C41H38N2O6S2. The molecule has 7 rings (SSSR count).